The van der Waals surface area contributed by atoms with Crippen LogP contribution in [0, 0.1) is 11.8 Å². The number of carbonyl (C=O) groups is 1. The molecule has 6 heteroatoms. The van der Waals surface area contributed by atoms with E-state index in [1.165, 1.54) is 0 Å². The van der Waals surface area contributed by atoms with Crippen LogP contribution in [0.2, 0.25) is 0 Å². The number of hydrogen-bond acceptors (Lipinski definition) is 4. The Morgan fingerprint density at radius 2 is 2.25 bits per heavy atom. The highest BCUT2D eigenvalue weighted by molar-refractivity contribution is 5.91. The number of carbonyl (C=O) groups excluding carboxylic acids is 1. The van der Waals surface area contributed by atoms with Crippen LogP contribution in [-0.2, 0) is 11.3 Å². The zero-order chi connectivity index (χ0) is 13.4. The molecule has 0 aromatic carbocycles. The van der Waals surface area contributed by atoms with Crippen molar-refractivity contribution in [2.45, 2.75) is 25.5 Å². The van der Waals surface area contributed by atoms with E-state index in [-0.39, 0.29) is 24.4 Å². The lowest BCUT2D eigenvalue weighted by molar-refractivity contribution is 0.0740. The molecule has 3 atom stereocenters. The van der Waals surface area contributed by atoms with Crippen molar-refractivity contribution in [2.75, 3.05) is 20.2 Å². The first-order valence-electron chi connectivity index (χ1n) is 6.81. The van der Waals surface area contributed by atoms with E-state index in [1.807, 2.05) is 4.90 Å². The van der Waals surface area contributed by atoms with Gasteiger partial charge in [-0.2, -0.15) is 0 Å². The van der Waals surface area contributed by atoms with Crippen LogP contribution in [0.5, 0.6) is 0 Å². The SMILES string of the molecule is COCc1ccc(C(=O)N2CC3CCC(N)C3C2)o1.Cl. The van der Waals surface area contributed by atoms with Crippen LogP contribution in [0.15, 0.2) is 16.5 Å². The standard InChI is InChI=1S/C14H20N2O3.ClH/c1-18-8-10-3-5-13(19-10)14(17)16-6-9-2-4-12(15)11(9)7-16;/h3,5,9,11-12H,2,4,6-8,15H2,1H3;1H. The summed E-state index contributed by atoms with van der Waals surface area (Å²) in [5.41, 5.74) is 6.09. The van der Waals surface area contributed by atoms with Gasteiger partial charge in [0.2, 0.25) is 0 Å². The summed E-state index contributed by atoms with van der Waals surface area (Å²) in [4.78, 5) is 14.2. The normalized spacial score (nSPS) is 28.3. The molecule has 0 radical (unpaired) electrons. The average molecular weight is 301 g/mol. The summed E-state index contributed by atoms with van der Waals surface area (Å²) in [6, 6.07) is 3.77. The zero-order valence-electron chi connectivity index (χ0n) is 11.6. The molecular weight excluding hydrogens is 280 g/mol. The number of hydrogen-bond donors (Lipinski definition) is 1. The van der Waals surface area contributed by atoms with E-state index in [1.54, 1.807) is 19.2 Å². The molecule has 112 valence electrons. The lowest BCUT2D eigenvalue weighted by Gasteiger charge is -2.17. The van der Waals surface area contributed by atoms with E-state index < -0.39 is 0 Å². The molecule has 1 aliphatic carbocycles. The zero-order valence-corrected chi connectivity index (χ0v) is 12.4. The molecule has 0 bridgehead atoms. The van der Waals surface area contributed by atoms with Crippen LogP contribution in [0.1, 0.15) is 29.2 Å². The summed E-state index contributed by atoms with van der Waals surface area (Å²) in [5, 5.41) is 0. The van der Waals surface area contributed by atoms with Gasteiger partial charge in [-0.05, 0) is 36.8 Å². The summed E-state index contributed by atoms with van der Waals surface area (Å²) in [6.07, 6.45) is 2.23. The van der Waals surface area contributed by atoms with E-state index in [2.05, 4.69) is 0 Å². The highest BCUT2D eigenvalue weighted by Gasteiger charge is 2.43. The molecule has 1 amide bonds. The fourth-order valence-corrected chi connectivity index (χ4v) is 3.34. The Bertz CT molecular complexity index is 477. The minimum absolute atomic E-state index is 0. The van der Waals surface area contributed by atoms with Crippen molar-refractivity contribution in [2.24, 2.45) is 17.6 Å². The summed E-state index contributed by atoms with van der Waals surface area (Å²) in [6.45, 7) is 1.98. The maximum atomic E-state index is 12.4. The van der Waals surface area contributed by atoms with Gasteiger partial charge in [0.25, 0.3) is 5.91 Å². The number of methoxy groups -OCH3 is 1. The number of ether oxygens (including phenoxy) is 1. The monoisotopic (exact) mass is 300 g/mol. The second kappa shape index (κ2) is 6.16. The first-order chi connectivity index (χ1) is 9.19. The van der Waals surface area contributed by atoms with Crippen LogP contribution in [0.3, 0.4) is 0 Å². The Morgan fingerprint density at radius 1 is 1.45 bits per heavy atom. The number of fused-ring (bicyclic) bond motifs is 1. The Hall–Kier alpha value is -1.04. The summed E-state index contributed by atoms with van der Waals surface area (Å²) in [7, 11) is 1.60. The minimum atomic E-state index is -0.0241. The third-order valence-corrected chi connectivity index (χ3v) is 4.36. The van der Waals surface area contributed by atoms with Gasteiger partial charge in [-0.25, -0.2) is 0 Å². The summed E-state index contributed by atoms with van der Waals surface area (Å²) < 4.78 is 10.5. The Labute approximate surface area is 124 Å². The molecule has 0 spiro atoms. The van der Waals surface area contributed by atoms with Gasteiger partial charge in [-0.1, -0.05) is 0 Å². The molecular formula is C14H21ClN2O3. The second-order valence-electron chi connectivity index (χ2n) is 5.57. The van der Waals surface area contributed by atoms with Crippen molar-refractivity contribution >= 4 is 18.3 Å². The van der Waals surface area contributed by atoms with Crippen molar-refractivity contribution in [1.29, 1.82) is 0 Å². The maximum absolute atomic E-state index is 12.4. The maximum Gasteiger partial charge on any atom is 0.289 e. The lowest BCUT2D eigenvalue weighted by Crippen LogP contribution is -2.33. The van der Waals surface area contributed by atoms with E-state index >= 15 is 0 Å². The summed E-state index contributed by atoms with van der Waals surface area (Å²) in [5.74, 6) is 2.11. The molecule has 1 aromatic heterocycles. The number of nitrogens with two attached hydrogens (primary N) is 1. The highest BCUT2D eigenvalue weighted by Crippen LogP contribution is 2.37. The first-order valence-corrected chi connectivity index (χ1v) is 6.81. The van der Waals surface area contributed by atoms with Gasteiger partial charge < -0.3 is 19.8 Å². The number of furan rings is 1. The third kappa shape index (κ3) is 2.71. The lowest BCUT2D eigenvalue weighted by atomic mass is 9.98. The number of rotatable bonds is 3. The summed E-state index contributed by atoms with van der Waals surface area (Å²) >= 11 is 0. The van der Waals surface area contributed by atoms with Crippen LogP contribution in [0.25, 0.3) is 0 Å². The van der Waals surface area contributed by atoms with Crippen molar-refractivity contribution in [3.05, 3.63) is 23.7 Å². The third-order valence-electron chi connectivity index (χ3n) is 4.36. The van der Waals surface area contributed by atoms with Gasteiger partial charge in [-0.15, -0.1) is 12.4 Å². The number of likely N-dealkylation sites (tertiary alicyclic amines) is 1. The van der Waals surface area contributed by atoms with E-state index in [0.717, 1.165) is 25.9 Å². The molecule has 2 heterocycles. The van der Waals surface area contributed by atoms with Crippen LogP contribution < -0.4 is 5.73 Å². The van der Waals surface area contributed by atoms with Crippen molar-refractivity contribution < 1.29 is 13.9 Å². The average Bonchev–Trinajstić information content (AvgIpc) is 3.07. The molecule has 1 saturated heterocycles. The largest absolute Gasteiger partial charge is 0.453 e. The topological polar surface area (TPSA) is 68.7 Å². The fraction of sp³-hybridized carbons (Fsp3) is 0.643. The van der Waals surface area contributed by atoms with Crippen molar-refractivity contribution in [3.8, 4) is 0 Å². The second-order valence-corrected chi connectivity index (χ2v) is 5.57. The molecule has 20 heavy (non-hydrogen) atoms. The predicted octanol–water partition coefficient (Wildman–Crippen LogP) is 1.66. The van der Waals surface area contributed by atoms with Gasteiger partial charge in [0.05, 0.1) is 0 Å². The molecule has 1 aliphatic heterocycles. The molecule has 3 rings (SSSR count). The molecule has 1 saturated carbocycles. The predicted molar refractivity (Wildman–Crippen MR) is 76.8 cm³/mol. The molecule has 2 N–H and O–H groups in total. The Balaban J connectivity index is 0.00000147. The van der Waals surface area contributed by atoms with E-state index in [0.29, 0.717) is 30.0 Å². The molecule has 2 fully saturated rings. The van der Waals surface area contributed by atoms with E-state index in [4.69, 9.17) is 14.9 Å². The van der Waals surface area contributed by atoms with Gasteiger partial charge in [0.15, 0.2) is 5.76 Å². The van der Waals surface area contributed by atoms with Crippen molar-refractivity contribution in [3.63, 3.8) is 0 Å². The number of amides is 1. The van der Waals surface area contributed by atoms with Gasteiger partial charge in [-0.3, -0.25) is 4.79 Å². The number of halogens is 1. The van der Waals surface area contributed by atoms with Gasteiger partial charge in [0.1, 0.15) is 12.4 Å². The number of nitrogens with zero attached hydrogens (tertiary/aromatic N) is 1. The van der Waals surface area contributed by atoms with Crippen LogP contribution in [-0.4, -0.2) is 37.0 Å². The molecule has 5 nitrogen and oxygen atoms in total. The molecule has 3 unspecified atom stereocenters. The van der Waals surface area contributed by atoms with Crippen LogP contribution in [0.4, 0.5) is 0 Å². The Morgan fingerprint density at radius 3 is 2.95 bits per heavy atom. The van der Waals surface area contributed by atoms with Gasteiger partial charge >= 0.3 is 0 Å². The van der Waals surface area contributed by atoms with Crippen molar-refractivity contribution in [1.82, 2.24) is 4.90 Å². The Kier molecular flexibility index (Phi) is 4.73. The van der Waals surface area contributed by atoms with Gasteiger partial charge in [0, 0.05) is 26.2 Å². The highest BCUT2D eigenvalue weighted by atomic mass is 35.5. The minimum Gasteiger partial charge on any atom is -0.453 e. The molecule has 2 aliphatic rings. The smallest absolute Gasteiger partial charge is 0.289 e. The first kappa shape index (κ1) is 15.4. The quantitative estimate of drug-likeness (QED) is 0.922. The molecule has 1 aromatic rings. The van der Waals surface area contributed by atoms with E-state index in [9.17, 15) is 4.79 Å². The van der Waals surface area contributed by atoms with Crippen LogP contribution >= 0.6 is 12.4 Å². The fourth-order valence-electron chi connectivity index (χ4n) is 3.34.